The van der Waals surface area contributed by atoms with E-state index in [2.05, 4.69) is 43.9 Å². The van der Waals surface area contributed by atoms with Crippen molar-refractivity contribution < 1.29 is 4.74 Å². The number of thiophene rings is 1. The lowest BCUT2D eigenvalue weighted by Crippen LogP contribution is -2.32. The molecule has 5 heterocycles. The molecule has 0 spiro atoms. The summed E-state index contributed by atoms with van der Waals surface area (Å²) in [6.07, 6.45) is 7.11. The Labute approximate surface area is 157 Å². The molecule has 1 atom stereocenters. The van der Waals surface area contributed by atoms with Crippen molar-refractivity contribution in [3.8, 4) is 0 Å². The van der Waals surface area contributed by atoms with Crippen molar-refractivity contribution in [2.45, 2.75) is 44.2 Å². The number of hydrogen-bond donors (Lipinski definition) is 0. The molecule has 0 aliphatic carbocycles. The maximum absolute atomic E-state index is 5.81. The zero-order valence-electron chi connectivity index (χ0n) is 14.9. The second-order valence-electron chi connectivity index (χ2n) is 7.34. The van der Waals surface area contributed by atoms with E-state index in [0.29, 0.717) is 12.0 Å². The van der Waals surface area contributed by atoms with E-state index >= 15 is 0 Å². The molecule has 5 nitrogen and oxygen atoms in total. The van der Waals surface area contributed by atoms with Crippen LogP contribution in [-0.2, 0) is 11.3 Å². The highest BCUT2D eigenvalue weighted by Gasteiger charge is 2.25. The van der Waals surface area contributed by atoms with E-state index in [9.17, 15) is 0 Å². The topological polar surface area (TPSA) is 42.7 Å². The van der Waals surface area contributed by atoms with Crippen LogP contribution in [0.4, 0.5) is 0 Å². The Morgan fingerprint density at radius 1 is 1.08 bits per heavy atom. The number of pyridine rings is 1. The van der Waals surface area contributed by atoms with Gasteiger partial charge in [0.25, 0.3) is 0 Å². The van der Waals surface area contributed by atoms with Gasteiger partial charge in [0, 0.05) is 35.0 Å². The molecule has 26 heavy (non-hydrogen) atoms. The first-order valence-corrected chi connectivity index (χ1v) is 10.4. The quantitative estimate of drug-likeness (QED) is 0.697. The largest absolute Gasteiger partial charge is 0.373 e. The molecule has 0 aromatic carbocycles. The van der Waals surface area contributed by atoms with Gasteiger partial charge >= 0.3 is 0 Å². The fourth-order valence-electron chi connectivity index (χ4n) is 4.16. The highest BCUT2D eigenvalue weighted by atomic mass is 32.1. The summed E-state index contributed by atoms with van der Waals surface area (Å²) in [4.78, 5) is 5.44. The first-order valence-electron chi connectivity index (χ1n) is 9.59. The third-order valence-corrected chi connectivity index (χ3v) is 6.76. The normalized spacial score (nSPS) is 22.4. The summed E-state index contributed by atoms with van der Waals surface area (Å²) < 4.78 is 7.96. The van der Waals surface area contributed by atoms with E-state index in [1.54, 1.807) is 0 Å². The number of nitrogens with zero attached hydrogens (tertiary/aromatic N) is 4. The van der Waals surface area contributed by atoms with Crippen LogP contribution in [-0.4, -0.2) is 39.2 Å². The molecule has 0 saturated carbocycles. The lowest BCUT2D eigenvalue weighted by Gasteiger charge is -2.30. The predicted octanol–water partition coefficient (Wildman–Crippen LogP) is 4.02. The Hall–Kier alpha value is -1.76. The molecular weight excluding hydrogens is 344 g/mol. The van der Waals surface area contributed by atoms with Crippen LogP contribution in [0, 0.1) is 0 Å². The summed E-state index contributed by atoms with van der Waals surface area (Å²) in [6.45, 7) is 4.23. The lowest BCUT2D eigenvalue weighted by atomic mass is 9.96. The summed E-state index contributed by atoms with van der Waals surface area (Å²) in [5.74, 6) is 1.63. The second-order valence-corrected chi connectivity index (χ2v) is 8.54. The van der Waals surface area contributed by atoms with E-state index in [0.717, 1.165) is 50.6 Å². The summed E-state index contributed by atoms with van der Waals surface area (Å²) in [6, 6.07) is 10.7. The number of piperidine rings is 1. The van der Waals surface area contributed by atoms with E-state index in [1.807, 2.05) is 23.5 Å². The zero-order valence-corrected chi connectivity index (χ0v) is 15.7. The van der Waals surface area contributed by atoms with Crippen LogP contribution in [0.15, 0.2) is 36.5 Å². The van der Waals surface area contributed by atoms with Crippen LogP contribution in [0.2, 0.25) is 0 Å². The number of ether oxygens (including phenoxy) is 1. The van der Waals surface area contributed by atoms with E-state index < -0.39 is 0 Å². The minimum Gasteiger partial charge on any atom is -0.373 e. The van der Waals surface area contributed by atoms with Gasteiger partial charge in [0.1, 0.15) is 5.82 Å². The first-order chi connectivity index (χ1) is 12.9. The van der Waals surface area contributed by atoms with Gasteiger partial charge in [-0.05, 0) is 63.0 Å². The molecule has 6 heteroatoms. The minimum absolute atomic E-state index is 0.348. The highest BCUT2D eigenvalue weighted by molar-refractivity contribution is 7.12. The summed E-state index contributed by atoms with van der Waals surface area (Å²) >= 11 is 1.93. The molecule has 0 radical (unpaired) electrons. The molecular formula is C20H24N4OS. The molecule has 0 N–H and O–H groups in total. The Morgan fingerprint density at radius 2 is 2.00 bits per heavy atom. The van der Waals surface area contributed by atoms with Gasteiger partial charge in [0.05, 0.1) is 6.10 Å². The Balaban J connectivity index is 1.21. The van der Waals surface area contributed by atoms with Crippen molar-refractivity contribution in [1.29, 1.82) is 0 Å². The maximum Gasteiger partial charge on any atom is 0.160 e. The number of rotatable bonds is 4. The van der Waals surface area contributed by atoms with Crippen LogP contribution in [0.3, 0.4) is 0 Å². The minimum atomic E-state index is 0.348. The van der Waals surface area contributed by atoms with Gasteiger partial charge in [0.2, 0.25) is 0 Å². The number of likely N-dealkylation sites (tertiary alicyclic amines) is 1. The van der Waals surface area contributed by atoms with Gasteiger partial charge in [0.15, 0.2) is 5.65 Å². The Bertz CT molecular complexity index is 875. The lowest BCUT2D eigenvalue weighted by molar-refractivity contribution is 0.114. The molecule has 3 aromatic rings. The second kappa shape index (κ2) is 7.10. The van der Waals surface area contributed by atoms with Gasteiger partial charge in [-0.15, -0.1) is 21.5 Å². The smallest absolute Gasteiger partial charge is 0.160 e. The molecule has 0 amide bonds. The summed E-state index contributed by atoms with van der Waals surface area (Å²) in [5, 5.41) is 8.77. The van der Waals surface area contributed by atoms with E-state index in [4.69, 9.17) is 4.74 Å². The molecule has 3 aromatic heterocycles. The van der Waals surface area contributed by atoms with Gasteiger partial charge in [-0.1, -0.05) is 6.07 Å². The fraction of sp³-hybridized carbons (Fsp3) is 0.500. The number of hydrogen-bond acceptors (Lipinski definition) is 5. The van der Waals surface area contributed by atoms with Crippen molar-refractivity contribution in [3.05, 3.63) is 52.1 Å². The van der Waals surface area contributed by atoms with Crippen molar-refractivity contribution in [2.75, 3.05) is 19.7 Å². The molecule has 5 rings (SSSR count). The third-order valence-electron chi connectivity index (χ3n) is 5.60. The van der Waals surface area contributed by atoms with Crippen LogP contribution in [0.5, 0.6) is 0 Å². The standard InChI is InChI=1S/C20H24N4OS/c1-2-10-24-19(5-1)21-22-20(24)15-8-11-23(12-9-15)14-16-6-7-18(26-16)17-4-3-13-25-17/h1-2,5-7,10,15,17H,3-4,8-9,11-14H2. The van der Waals surface area contributed by atoms with Gasteiger partial charge in [-0.2, -0.15) is 0 Å². The zero-order chi connectivity index (χ0) is 17.3. The molecule has 0 bridgehead atoms. The van der Waals surface area contributed by atoms with Crippen LogP contribution in [0.1, 0.15) is 53.3 Å². The predicted molar refractivity (Wildman–Crippen MR) is 102 cm³/mol. The average Bonchev–Trinajstić information content (AvgIpc) is 3.43. The molecule has 2 aliphatic heterocycles. The molecule has 136 valence electrons. The first kappa shape index (κ1) is 16.4. The van der Waals surface area contributed by atoms with E-state index in [1.165, 1.54) is 22.6 Å². The van der Waals surface area contributed by atoms with Gasteiger partial charge < -0.3 is 4.74 Å². The molecule has 1 unspecified atom stereocenters. The summed E-state index contributed by atoms with van der Waals surface area (Å²) in [5.41, 5.74) is 0.949. The number of fused-ring (bicyclic) bond motifs is 1. The highest BCUT2D eigenvalue weighted by Crippen LogP contribution is 2.34. The summed E-state index contributed by atoms with van der Waals surface area (Å²) in [7, 11) is 0. The SMILES string of the molecule is c1ccn2c(C3CCN(Cc4ccc(C5CCCO5)s4)CC3)nnc2c1. The van der Waals surface area contributed by atoms with E-state index in [-0.39, 0.29) is 0 Å². The maximum atomic E-state index is 5.81. The average molecular weight is 369 g/mol. The van der Waals surface area contributed by atoms with Crippen molar-refractivity contribution in [2.24, 2.45) is 0 Å². The van der Waals surface area contributed by atoms with Crippen molar-refractivity contribution in [3.63, 3.8) is 0 Å². The van der Waals surface area contributed by atoms with Gasteiger partial charge in [-0.3, -0.25) is 9.30 Å². The van der Waals surface area contributed by atoms with Crippen LogP contribution >= 0.6 is 11.3 Å². The third kappa shape index (κ3) is 3.17. The molecule has 2 fully saturated rings. The van der Waals surface area contributed by atoms with Crippen molar-refractivity contribution in [1.82, 2.24) is 19.5 Å². The Morgan fingerprint density at radius 3 is 2.85 bits per heavy atom. The molecule has 2 saturated heterocycles. The molecule has 2 aliphatic rings. The number of aromatic nitrogens is 3. The van der Waals surface area contributed by atoms with Crippen molar-refractivity contribution >= 4 is 17.0 Å². The monoisotopic (exact) mass is 368 g/mol. The van der Waals surface area contributed by atoms with Crippen LogP contribution < -0.4 is 0 Å². The van der Waals surface area contributed by atoms with Gasteiger partial charge in [-0.25, -0.2) is 0 Å². The van der Waals surface area contributed by atoms with Crippen LogP contribution in [0.25, 0.3) is 5.65 Å². The Kier molecular flexibility index (Phi) is 4.48. The fourth-order valence-corrected chi connectivity index (χ4v) is 5.30.